The first-order chi connectivity index (χ1) is 36.1. The molecule has 5 N–H and O–H groups in total. The molecule has 4 unspecified atom stereocenters. The smallest absolute Gasteiger partial charge is 0.325 e. The van der Waals surface area contributed by atoms with E-state index in [-0.39, 0.29) is 56.6 Å². The molecule has 1 aromatic carbocycles. The molecule has 1 heterocycles. The minimum absolute atomic E-state index is 0.0102. The van der Waals surface area contributed by atoms with Crippen LogP contribution in [0, 0.1) is 70.9 Å². The number of ether oxygens (including phenoxy) is 2. The van der Waals surface area contributed by atoms with E-state index in [4.69, 9.17) is 14.7 Å². The fraction of sp³-hybridized carbons (Fsp3) is 0.785. The molecule has 4 atom stereocenters. The Hall–Kier alpha value is -5.20. The van der Waals surface area contributed by atoms with Gasteiger partial charge in [0, 0.05) is 13.1 Å². The Bertz CT molecular complexity index is 2540. The largest absolute Gasteiger partial charge is 0.481 e. The van der Waals surface area contributed by atoms with Crippen molar-refractivity contribution >= 4 is 41.8 Å². The molecule has 1 fully saturated rings. The number of carbonyl (C=O) groups is 7. The van der Waals surface area contributed by atoms with Crippen LogP contribution in [0.5, 0.6) is 0 Å². The highest BCUT2D eigenvalue weighted by Crippen LogP contribution is 2.68. The van der Waals surface area contributed by atoms with Gasteiger partial charge in [-0.1, -0.05) is 156 Å². The van der Waals surface area contributed by atoms with Crippen LogP contribution in [0.1, 0.15) is 230 Å². The van der Waals surface area contributed by atoms with Gasteiger partial charge in [-0.05, 0) is 141 Å². The molecule has 460 valence electrons. The Labute approximate surface area is 488 Å². The van der Waals surface area contributed by atoms with Gasteiger partial charge in [0.25, 0.3) is 5.91 Å². The number of benzene rings is 1. The number of nitrogens with zero attached hydrogens (tertiary/aromatic N) is 2. The van der Waals surface area contributed by atoms with Crippen molar-refractivity contribution in [3.8, 4) is 6.07 Å². The van der Waals surface area contributed by atoms with Gasteiger partial charge in [0.1, 0.15) is 18.6 Å². The lowest BCUT2D eigenvalue weighted by Crippen LogP contribution is -2.60. The second-order valence-electron chi connectivity index (χ2n) is 31.3. The number of rotatable bonds is 27. The minimum Gasteiger partial charge on any atom is -0.481 e. The highest BCUT2D eigenvalue weighted by atomic mass is 16.5. The molecule has 0 saturated carbocycles. The second-order valence-corrected chi connectivity index (χ2v) is 31.3. The van der Waals surface area contributed by atoms with Gasteiger partial charge in [-0.25, -0.2) is 9.59 Å². The maximum Gasteiger partial charge on any atom is 0.325 e. The van der Waals surface area contributed by atoms with Gasteiger partial charge >= 0.3 is 30.0 Å². The summed E-state index contributed by atoms with van der Waals surface area (Å²) >= 11 is 0. The first-order valence-electron chi connectivity index (χ1n) is 29.1. The number of nitriles is 1. The Morgan fingerprint density at radius 3 is 1.59 bits per heavy atom. The molecule has 1 aliphatic rings. The summed E-state index contributed by atoms with van der Waals surface area (Å²) in [7, 11) is 0. The molecule has 1 aliphatic heterocycles. The van der Waals surface area contributed by atoms with Gasteiger partial charge in [0.15, 0.2) is 0 Å². The lowest BCUT2D eigenvalue weighted by Gasteiger charge is -2.62. The van der Waals surface area contributed by atoms with Gasteiger partial charge < -0.3 is 35.8 Å². The molecule has 16 heteroatoms. The van der Waals surface area contributed by atoms with Crippen LogP contribution in [0.3, 0.4) is 0 Å². The van der Waals surface area contributed by atoms with Crippen LogP contribution in [-0.4, -0.2) is 90.2 Å². The molecule has 0 aromatic heterocycles. The third-order valence-electron chi connectivity index (χ3n) is 21.4. The maximum absolute atomic E-state index is 15.2. The summed E-state index contributed by atoms with van der Waals surface area (Å²) in [6.45, 7) is 55.1. The van der Waals surface area contributed by atoms with Crippen LogP contribution < -0.4 is 21.3 Å². The standard InChI is InChI=1S/C65H110N6O10/c1-28-80-49(77)65(27,42-56(12,13)60(20,21)63(25,47(74)75)39-52(2,3)4)61(22,23)54(8,9)40-62(24,59(18,19)55(10,11)41-64(26,53(5,6)7)48(76)81-37-35-67-45(72)32-33-66)44-31-29-30-43(38-44)57(14,15)69-50(78)68-34-36-71-46(73)58(16,17)70-51(71)79/h29-31,38H,28,32,34-37,39-42H2,1-27H3,(H,67,72)(H,70,79)(H,74,75)(H2,68,69,78). The molecule has 1 aromatic rings. The van der Waals surface area contributed by atoms with Crippen LogP contribution in [0.4, 0.5) is 9.59 Å². The summed E-state index contributed by atoms with van der Waals surface area (Å²) in [6, 6.07) is 9.01. The summed E-state index contributed by atoms with van der Waals surface area (Å²) in [6.07, 6.45) is 1.25. The lowest BCUT2D eigenvalue weighted by molar-refractivity contribution is -0.187. The fourth-order valence-electron chi connectivity index (χ4n) is 12.9. The van der Waals surface area contributed by atoms with Crippen LogP contribution >= 0.6 is 0 Å². The van der Waals surface area contributed by atoms with Crippen LogP contribution in [-0.2, 0) is 44.4 Å². The number of nitrogens with one attached hydrogen (secondary N) is 4. The first-order valence-corrected chi connectivity index (χ1v) is 29.1. The van der Waals surface area contributed by atoms with Crippen molar-refractivity contribution in [2.45, 2.75) is 236 Å². The van der Waals surface area contributed by atoms with E-state index in [1.54, 1.807) is 20.8 Å². The molecule has 81 heavy (non-hydrogen) atoms. The monoisotopic (exact) mass is 1130 g/mol. The highest BCUT2D eigenvalue weighted by molar-refractivity contribution is 6.06. The molecular weight excluding hydrogens is 1020 g/mol. The third-order valence-corrected chi connectivity index (χ3v) is 21.4. The van der Waals surface area contributed by atoms with Crippen molar-refractivity contribution in [1.29, 1.82) is 5.26 Å². The third kappa shape index (κ3) is 14.6. The van der Waals surface area contributed by atoms with E-state index < -0.39 is 101 Å². The van der Waals surface area contributed by atoms with Gasteiger partial charge in [0.2, 0.25) is 5.91 Å². The number of esters is 2. The number of carboxylic acids is 1. The Kier molecular flexibility index (Phi) is 21.5. The number of aliphatic carboxylic acids is 1. The minimum atomic E-state index is -1.19. The molecular formula is C65H110N6O10. The van der Waals surface area contributed by atoms with E-state index in [0.717, 1.165) is 16.0 Å². The number of urea groups is 2. The van der Waals surface area contributed by atoms with E-state index >= 15 is 4.79 Å². The molecule has 0 radical (unpaired) electrons. The topological polar surface area (TPSA) is 233 Å². The zero-order chi connectivity index (χ0) is 63.6. The van der Waals surface area contributed by atoms with Crippen LogP contribution in [0.25, 0.3) is 0 Å². The number of hydrogen-bond acceptors (Lipinski definition) is 10. The van der Waals surface area contributed by atoms with Crippen LogP contribution in [0.15, 0.2) is 24.3 Å². The molecule has 6 amide bonds. The summed E-state index contributed by atoms with van der Waals surface area (Å²) < 4.78 is 12.1. The van der Waals surface area contributed by atoms with Crippen molar-refractivity contribution < 1.29 is 48.1 Å². The number of hydrogen-bond donors (Lipinski definition) is 5. The molecule has 16 nitrogen and oxygen atoms in total. The van der Waals surface area contributed by atoms with E-state index in [2.05, 4.69) is 130 Å². The average molecular weight is 1140 g/mol. The molecule has 0 spiro atoms. The van der Waals surface area contributed by atoms with Gasteiger partial charge in [0.05, 0.1) is 41.0 Å². The Morgan fingerprint density at radius 2 is 1.12 bits per heavy atom. The van der Waals surface area contributed by atoms with Crippen molar-refractivity contribution in [2.75, 3.05) is 32.8 Å². The Morgan fingerprint density at radius 1 is 0.642 bits per heavy atom. The van der Waals surface area contributed by atoms with Crippen molar-refractivity contribution in [3.63, 3.8) is 0 Å². The van der Waals surface area contributed by atoms with Crippen molar-refractivity contribution in [1.82, 2.24) is 26.2 Å². The van der Waals surface area contributed by atoms with Crippen molar-refractivity contribution in [3.05, 3.63) is 35.4 Å². The molecule has 0 bridgehead atoms. The fourth-order valence-corrected chi connectivity index (χ4v) is 12.9. The van der Waals surface area contributed by atoms with Gasteiger partial charge in [-0.15, -0.1) is 0 Å². The van der Waals surface area contributed by atoms with E-state index in [1.807, 2.05) is 87.4 Å². The van der Waals surface area contributed by atoms with E-state index in [0.29, 0.717) is 25.7 Å². The highest BCUT2D eigenvalue weighted by Gasteiger charge is 2.65. The first kappa shape index (κ1) is 71.9. The SMILES string of the molecule is CCOC(=O)C(C)(CC(C)(C)C(C)(C)C(C)(CC(C)(C)C)C(=O)O)C(C)(C)C(C)(C)CC(C)(c1cccc(C(C)(C)NC(=O)NCCN2C(=O)NC(C)(C)C2=O)c1)C(C)(C)C(C)(C)CC(C)(C(=O)OCCNC(=O)CC#N)C(C)(C)C. The van der Waals surface area contributed by atoms with Crippen LogP contribution in [0.2, 0.25) is 0 Å². The number of amides is 6. The predicted octanol–water partition coefficient (Wildman–Crippen LogP) is 12.9. The van der Waals surface area contributed by atoms with E-state index in [9.17, 15) is 33.9 Å². The average Bonchev–Trinajstić information content (AvgIpc) is 3.49. The summed E-state index contributed by atoms with van der Waals surface area (Å²) in [4.78, 5) is 95.8. The van der Waals surface area contributed by atoms with Crippen molar-refractivity contribution in [2.24, 2.45) is 59.6 Å². The Balaban J connectivity index is 3.01. The lowest BCUT2D eigenvalue weighted by atomic mass is 9.41. The number of imide groups is 1. The quantitative estimate of drug-likeness (QED) is 0.0316. The van der Waals surface area contributed by atoms with E-state index in [1.165, 1.54) is 0 Å². The number of carbonyl (C=O) groups excluding carboxylic acids is 6. The zero-order valence-electron chi connectivity index (χ0n) is 55.4. The van der Waals surface area contributed by atoms with Gasteiger partial charge in [-0.3, -0.25) is 28.9 Å². The summed E-state index contributed by atoms with van der Waals surface area (Å²) in [5.41, 5.74) is -10.0. The second kappa shape index (κ2) is 24.2. The molecule has 1 saturated heterocycles. The molecule has 2 rings (SSSR count). The zero-order valence-corrected chi connectivity index (χ0v) is 55.4. The predicted molar refractivity (Wildman–Crippen MR) is 321 cm³/mol. The number of carboxylic acid groups (broad SMARTS) is 1. The molecule has 0 aliphatic carbocycles. The normalized spacial score (nSPS) is 18.0. The van der Waals surface area contributed by atoms with Gasteiger partial charge in [-0.2, -0.15) is 5.26 Å². The summed E-state index contributed by atoms with van der Waals surface area (Å²) in [5.74, 6) is -2.49. The maximum atomic E-state index is 15.2. The summed E-state index contributed by atoms with van der Waals surface area (Å²) in [5, 5.41) is 31.4.